The van der Waals surface area contributed by atoms with Gasteiger partial charge in [0.2, 0.25) is 0 Å². The minimum absolute atomic E-state index is 0.192. The molecule has 0 aliphatic heterocycles. The maximum Gasteiger partial charge on any atom is 0.469 e. The SMILES string of the molecule is CC(N)(CCc1ccc(C#CCCCc2ccc(Cl)cc2)s1)COP(=O)(O)O. The third-order valence-corrected chi connectivity index (χ3v) is 5.84. The van der Waals surface area contributed by atoms with Crippen LogP contribution in [-0.4, -0.2) is 21.9 Å². The Bertz CT molecular complexity index is 864. The first kappa shape index (κ1) is 23.1. The van der Waals surface area contributed by atoms with Crippen LogP contribution in [0, 0.1) is 11.8 Å². The lowest BCUT2D eigenvalue weighted by Gasteiger charge is -2.24. The molecule has 0 bridgehead atoms. The molecule has 1 unspecified atom stereocenters. The lowest BCUT2D eigenvalue weighted by atomic mass is 9.98. The Balaban J connectivity index is 1.74. The van der Waals surface area contributed by atoms with Gasteiger partial charge >= 0.3 is 7.82 Å². The summed E-state index contributed by atoms with van der Waals surface area (Å²) in [6, 6.07) is 11.9. The molecule has 4 N–H and O–H groups in total. The van der Waals surface area contributed by atoms with E-state index in [-0.39, 0.29) is 6.61 Å². The van der Waals surface area contributed by atoms with Gasteiger partial charge < -0.3 is 15.5 Å². The Morgan fingerprint density at radius 1 is 1.21 bits per heavy atom. The first-order valence-electron chi connectivity index (χ1n) is 8.94. The number of aryl methyl sites for hydroxylation is 2. The molecule has 0 aliphatic carbocycles. The maximum absolute atomic E-state index is 10.8. The van der Waals surface area contributed by atoms with E-state index in [1.54, 1.807) is 18.3 Å². The monoisotopic (exact) mass is 441 g/mol. The van der Waals surface area contributed by atoms with E-state index in [2.05, 4.69) is 16.4 Å². The Morgan fingerprint density at radius 3 is 2.61 bits per heavy atom. The fourth-order valence-electron chi connectivity index (χ4n) is 2.47. The van der Waals surface area contributed by atoms with E-state index in [1.807, 2.05) is 36.4 Å². The Hall–Kier alpha value is -1.16. The molecule has 0 fully saturated rings. The minimum Gasteiger partial charge on any atom is -0.323 e. The van der Waals surface area contributed by atoms with E-state index >= 15 is 0 Å². The van der Waals surface area contributed by atoms with Gasteiger partial charge in [0, 0.05) is 21.9 Å². The van der Waals surface area contributed by atoms with Gasteiger partial charge in [-0.15, -0.1) is 11.3 Å². The van der Waals surface area contributed by atoms with Crippen molar-refractivity contribution in [3.05, 3.63) is 56.7 Å². The number of phosphoric ester groups is 1. The third kappa shape index (κ3) is 9.36. The van der Waals surface area contributed by atoms with Crippen LogP contribution in [0.15, 0.2) is 36.4 Å². The van der Waals surface area contributed by atoms with Gasteiger partial charge in [0.1, 0.15) is 0 Å². The van der Waals surface area contributed by atoms with E-state index in [0.717, 1.165) is 34.0 Å². The largest absolute Gasteiger partial charge is 0.469 e. The molecule has 1 atom stereocenters. The third-order valence-electron chi connectivity index (χ3n) is 4.06. The highest BCUT2D eigenvalue weighted by atomic mass is 35.5. The number of unbranched alkanes of at least 4 members (excludes halogenated alkanes) is 1. The van der Waals surface area contributed by atoms with E-state index < -0.39 is 13.4 Å². The molecule has 0 radical (unpaired) electrons. The number of hydrogen-bond acceptors (Lipinski definition) is 4. The fraction of sp³-hybridized carbons (Fsp3) is 0.400. The molecule has 0 aliphatic rings. The number of thiophene rings is 1. The summed E-state index contributed by atoms with van der Waals surface area (Å²) in [5.41, 5.74) is 6.50. The van der Waals surface area contributed by atoms with E-state index in [9.17, 15) is 4.57 Å². The molecule has 5 nitrogen and oxygen atoms in total. The van der Waals surface area contributed by atoms with Gasteiger partial charge in [-0.2, -0.15) is 0 Å². The first-order chi connectivity index (χ1) is 13.1. The van der Waals surface area contributed by atoms with Crippen molar-refractivity contribution in [1.82, 2.24) is 0 Å². The van der Waals surface area contributed by atoms with Crippen LogP contribution in [0.2, 0.25) is 5.02 Å². The summed E-state index contributed by atoms with van der Waals surface area (Å²) in [5.74, 6) is 6.40. The molecule has 152 valence electrons. The first-order valence-corrected chi connectivity index (χ1v) is 11.7. The van der Waals surface area contributed by atoms with Gasteiger partial charge in [-0.25, -0.2) is 4.57 Å². The van der Waals surface area contributed by atoms with Crippen molar-refractivity contribution in [2.75, 3.05) is 6.61 Å². The lowest BCUT2D eigenvalue weighted by molar-refractivity contribution is 0.154. The van der Waals surface area contributed by atoms with Crippen LogP contribution in [0.1, 0.15) is 41.5 Å². The Labute approximate surface area is 175 Å². The molecule has 28 heavy (non-hydrogen) atoms. The average Bonchev–Trinajstić information content (AvgIpc) is 3.07. The zero-order chi connectivity index (χ0) is 20.6. The normalized spacial score (nSPS) is 13.6. The van der Waals surface area contributed by atoms with Gasteiger partial charge in [0.25, 0.3) is 0 Å². The predicted octanol–water partition coefficient (Wildman–Crippen LogP) is 4.54. The summed E-state index contributed by atoms with van der Waals surface area (Å²) in [4.78, 5) is 19.7. The van der Waals surface area contributed by atoms with Gasteiger partial charge in [-0.3, -0.25) is 4.52 Å². The van der Waals surface area contributed by atoms with Crippen LogP contribution in [0.25, 0.3) is 0 Å². The number of benzene rings is 1. The molecule has 1 heterocycles. The van der Waals surface area contributed by atoms with Crippen molar-refractivity contribution < 1.29 is 18.9 Å². The standard InChI is InChI=1S/C20H25ClNO4PS/c1-20(22,15-26-27(23,24)25)14-13-19-12-11-18(28-19)6-4-2-3-5-16-7-9-17(21)10-8-16/h7-12H,2-3,5,13-15,22H2,1H3,(H2,23,24,25). The average molecular weight is 442 g/mol. The molecular weight excluding hydrogens is 417 g/mol. The zero-order valence-corrected chi connectivity index (χ0v) is 18.2. The second-order valence-corrected chi connectivity index (χ2v) is 9.81. The summed E-state index contributed by atoms with van der Waals surface area (Å²) in [6.07, 6.45) is 4.07. The second kappa shape index (κ2) is 10.6. The van der Waals surface area contributed by atoms with Crippen LogP contribution in [0.4, 0.5) is 0 Å². The van der Waals surface area contributed by atoms with E-state index in [4.69, 9.17) is 27.1 Å². The number of phosphoric acid groups is 1. The highest BCUT2D eigenvalue weighted by Gasteiger charge is 2.24. The summed E-state index contributed by atoms with van der Waals surface area (Å²) in [7, 11) is -4.50. The van der Waals surface area contributed by atoms with Crippen LogP contribution in [0.3, 0.4) is 0 Å². The predicted molar refractivity (Wildman–Crippen MR) is 114 cm³/mol. The molecular formula is C20H25ClNO4PS. The van der Waals surface area contributed by atoms with Gasteiger partial charge in [0.05, 0.1) is 11.5 Å². The van der Waals surface area contributed by atoms with Crippen LogP contribution >= 0.6 is 30.8 Å². The van der Waals surface area contributed by atoms with Gasteiger partial charge in [-0.1, -0.05) is 35.6 Å². The number of halogens is 1. The van der Waals surface area contributed by atoms with Crippen molar-refractivity contribution >= 4 is 30.8 Å². The minimum atomic E-state index is -4.50. The Kier molecular flexibility index (Phi) is 8.73. The molecule has 0 saturated heterocycles. The Morgan fingerprint density at radius 2 is 1.93 bits per heavy atom. The van der Waals surface area contributed by atoms with Crippen molar-refractivity contribution in [3.8, 4) is 11.8 Å². The summed E-state index contributed by atoms with van der Waals surface area (Å²) in [5, 5.41) is 0.751. The van der Waals surface area contributed by atoms with E-state index in [1.165, 1.54) is 5.56 Å². The fourth-order valence-corrected chi connectivity index (χ4v) is 3.94. The molecule has 0 spiro atoms. The number of hydrogen-bond donors (Lipinski definition) is 3. The zero-order valence-electron chi connectivity index (χ0n) is 15.7. The van der Waals surface area contributed by atoms with Gasteiger partial charge in [0.15, 0.2) is 0 Å². The summed E-state index contributed by atoms with van der Waals surface area (Å²) >= 11 is 7.50. The molecule has 1 aromatic carbocycles. The highest BCUT2D eigenvalue weighted by molar-refractivity contribution is 7.46. The van der Waals surface area contributed by atoms with Crippen LogP contribution in [0.5, 0.6) is 0 Å². The molecule has 1 aromatic heterocycles. The van der Waals surface area contributed by atoms with E-state index in [0.29, 0.717) is 12.8 Å². The van der Waals surface area contributed by atoms with Crippen molar-refractivity contribution in [2.24, 2.45) is 5.73 Å². The van der Waals surface area contributed by atoms with Crippen molar-refractivity contribution in [2.45, 2.75) is 44.6 Å². The van der Waals surface area contributed by atoms with Crippen molar-refractivity contribution in [1.29, 1.82) is 0 Å². The maximum atomic E-state index is 10.8. The highest BCUT2D eigenvalue weighted by Crippen LogP contribution is 2.37. The second-order valence-electron chi connectivity index (χ2n) is 6.97. The van der Waals surface area contributed by atoms with Crippen LogP contribution < -0.4 is 5.73 Å². The van der Waals surface area contributed by atoms with Crippen molar-refractivity contribution in [3.63, 3.8) is 0 Å². The molecule has 0 amide bonds. The lowest BCUT2D eigenvalue weighted by Crippen LogP contribution is -2.41. The topological polar surface area (TPSA) is 92.8 Å². The summed E-state index contributed by atoms with van der Waals surface area (Å²) in [6.45, 7) is 1.53. The molecule has 8 heteroatoms. The smallest absolute Gasteiger partial charge is 0.323 e. The number of rotatable bonds is 9. The molecule has 0 saturated carbocycles. The molecule has 2 aromatic rings. The molecule has 2 rings (SSSR count). The summed E-state index contributed by atoms with van der Waals surface area (Å²) < 4.78 is 15.3. The van der Waals surface area contributed by atoms with Crippen LogP contribution in [-0.2, 0) is 21.9 Å². The quantitative estimate of drug-likeness (QED) is 0.302. The van der Waals surface area contributed by atoms with Gasteiger partial charge in [-0.05, 0) is 62.4 Å². The number of nitrogens with two attached hydrogens (primary N) is 1.